The van der Waals surface area contributed by atoms with Crippen LogP contribution in [-0.4, -0.2) is 39.4 Å². The van der Waals surface area contributed by atoms with Crippen molar-refractivity contribution in [2.24, 2.45) is 0 Å². The first-order chi connectivity index (χ1) is 14.5. The average molecular weight is 428 g/mol. The van der Waals surface area contributed by atoms with Crippen LogP contribution in [0.5, 0.6) is 0 Å². The number of nitrogens with zero attached hydrogens (tertiary/aromatic N) is 3. The Morgan fingerprint density at radius 2 is 1.93 bits per heavy atom. The SMILES string of the molecule is Cc1c(C(=O)Nc2ccccc2F)sc2ncn(CC(=O)N3CCCCC3)c(=O)c12. The first-order valence-corrected chi connectivity index (χ1v) is 10.6. The van der Waals surface area contributed by atoms with E-state index in [1.54, 1.807) is 17.9 Å². The minimum Gasteiger partial charge on any atom is -0.341 e. The Morgan fingerprint density at radius 1 is 1.20 bits per heavy atom. The van der Waals surface area contributed by atoms with Crippen LogP contribution in [0.2, 0.25) is 0 Å². The van der Waals surface area contributed by atoms with E-state index in [0.717, 1.165) is 30.6 Å². The Labute approximate surface area is 176 Å². The summed E-state index contributed by atoms with van der Waals surface area (Å²) >= 11 is 1.07. The third kappa shape index (κ3) is 3.85. The van der Waals surface area contributed by atoms with Crippen molar-refractivity contribution in [3.8, 4) is 0 Å². The number of carbonyl (C=O) groups excluding carboxylic acids is 2. The summed E-state index contributed by atoms with van der Waals surface area (Å²) in [5.41, 5.74) is 0.182. The van der Waals surface area contributed by atoms with Gasteiger partial charge < -0.3 is 10.2 Å². The van der Waals surface area contributed by atoms with Crippen molar-refractivity contribution in [3.63, 3.8) is 0 Å². The normalized spacial score (nSPS) is 14.1. The molecule has 4 rings (SSSR count). The van der Waals surface area contributed by atoms with Crippen molar-refractivity contribution in [2.45, 2.75) is 32.7 Å². The minimum absolute atomic E-state index is 0.0665. The molecule has 30 heavy (non-hydrogen) atoms. The molecule has 0 bridgehead atoms. The molecule has 1 saturated heterocycles. The number of hydrogen-bond acceptors (Lipinski definition) is 5. The molecule has 0 saturated carbocycles. The number of nitrogens with one attached hydrogen (secondary N) is 1. The lowest BCUT2D eigenvalue weighted by atomic mass is 10.1. The number of aryl methyl sites for hydroxylation is 1. The van der Waals surface area contributed by atoms with Gasteiger partial charge in [-0.15, -0.1) is 11.3 Å². The van der Waals surface area contributed by atoms with Crippen LogP contribution < -0.4 is 10.9 Å². The highest BCUT2D eigenvalue weighted by molar-refractivity contribution is 7.20. The van der Waals surface area contributed by atoms with Gasteiger partial charge in [-0.25, -0.2) is 9.37 Å². The minimum atomic E-state index is -0.540. The number of amides is 2. The second-order valence-corrected chi connectivity index (χ2v) is 8.29. The zero-order valence-electron chi connectivity index (χ0n) is 16.5. The molecule has 1 aliphatic heterocycles. The average Bonchev–Trinajstić information content (AvgIpc) is 3.09. The molecule has 2 aromatic heterocycles. The summed E-state index contributed by atoms with van der Waals surface area (Å²) in [4.78, 5) is 44.9. The maximum Gasteiger partial charge on any atom is 0.266 e. The van der Waals surface area contributed by atoms with Crippen LogP contribution in [0.3, 0.4) is 0 Å². The topological polar surface area (TPSA) is 84.3 Å². The third-order valence-electron chi connectivity index (χ3n) is 5.26. The largest absolute Gasteiger partial charge is 0.341 e. The van der Waals surface area contributed by atoms with Crippen molar-refractivity contribution < 1.29 is 14.0 Å². The maximum atomic E-state index is 13.8. The van der Waals surface area contributed by atoms with E-state index in [0.29, 0.717) is 28.9 Å². The number of thiophene rings is 1. The van der Waals surface area contributed by atoms with Gasteiger partial charge in [-0.05, 0) is 43.9 Å². The number of aromatic nitrogens is 2. The number of likely N-dealkylation sites (tertiary alicyclic amines) is 1. The van der Waals surface area contributed by atoms with E-state index in [4.69, 9.17) is 0 Å². The van der Waals surface area contributed by atoms with E-state index in [1.165, 1.54) is 29.1 Å². The van der Waals surface area contributed by atoms with Crippen LogP contribution in [-0.2, 0) is 11.3 Å². The highest BCUT2D eigenvalue weighted by Gasteiger charge is 2.22. The molecule has 9 heteroatoms. The van der Waals surface area contributed by atoms with E-state index in [2.05, 4.69) is 10.3 Å². The molecule has 3 aromatic rings. The van der Waals surface area contributed by atoms with E-state index in [1.807, 2.05) is 0 Å². The molecular weight excluding hydrogens is 407 g/mol. The van der Waals surface area contributed by atoms with Gasteiger partial charge in [0, 0.05) is 13.1 Å². The van der Waals surface area contributed by atoms with Crippen LogP contribution in [0.1, 0.15) is 34.5 Å². The van der Waals surface area contributed by atoms with Gasteiger partial charge in [0.25, 0.3) is 11.5 Å². The number of para-hydroxylation sites is 1. The number of piperidine rings is 1. The summed E-state index contributed by atoms with van der Waals surface area (Å²) in [6, 6.07) is 5.88. The molecule has 0 atom stereocenters. The van der Waals surface area contributed by atoms with Gasteiger partial charge in [0.15, 0.2) is 0 Å². The first-order valence-electron chi connectivity index (χ1n) is 9.78. The van der Waals surface area contributed by atoms with Gasteiger partial charge in [-0.2, -0.15) is 0 Å². The molecule has 1 N–H and O–H groups in total. The fourth-order valence-corrected chi connectivity index (χ4v) is 4.65. The number of halogens is 1. The molecule has 0 radical (unpaired) electrons. The van der Waals surface area contributed by atoms with Crippen LogP contribution in [0.15, 0.2) is 35.4 Å². The summed E-state index contributed by atoms with van der Waals surface area (Å²) in [7, 11) is 0. The van der Waals surface area contributed by atoms with E-state index < -0.39 is 11.7 Å². The molecular formula is C21H21FN4O3S. The predicted octanol–water partition coefficient (Wildman–Crippen LogP) is 3.17. The summed E-state index contributed by atoms with van der Waals surface area (Å²) in [5, 5.41) is 2.85. The maximum absolute atomic E-state index is 13.8. The second-order valence-electron chi connectivity index (χ2n) is 7.29. The molecule has 1 aliphatic rings. The molecule has 156 valence electrons. The lowest BCUT2D eigenvalue weighted by Crippen LogP contribution is -2.39. The summed E-state index contributed by atoms with van der Waals surface area (Å²) in [6.07, 6.45) is 4.41. The van der Waals surface area contributed by atoms with Gasteiger partial charge in [0.05, 0.1) is 22.3 Å². The second kappa shape index (κ2) is 8.35. The molecule has 0 unspecified atom stereocenters. The quantitative estimate of drug-likeness (QED) is 0.692. The van der Waals surface area contributed by atoms with Gasteiger partial charge in [0.1, 0.15) is 17.2 Å². The van der Waals surface area contributed by atoms with Crippen LogP contribution in [0.25, 0.3) is 10.2 Å². The zero-order chi connectivity index (χ0) is 21.3. The third-order valence-corrected chi connectivity index (χ3v) is 6.46. The van der Waals surface area contributed by atoms with Gasteiger partial charge in [-0.3, -0.25) is 19.0 Å². The van der Waals surface area contributed by atoms with Crippen LogP contribution in [0.4, 0.5) is 10.1 Å². The van der Waals surface area contributed by atoms with Crippen LogP contribution >= 0.6 is 11.3 Å². The molecule has 0 spiro atoms. The highest BCUT2D eigenvalue weighted by atomic mass is 32.1. The van der Waals surface area contributed by atoms with Crippen molar-refractivity contribution in [1.29, 1.82) is 0 Å². The van der Waals surface area contributed by atoms with E-state index in [9.17, 15) is 18.8 Å². The molecule has 2 amide bonds. The van der Waals surface area contributed by atoms with Crippen LogP contribution in [0, 0.1) is 12.7 Å². The Kier molecular flexibility index (Phi) is 5.63. The monoisotopic (exact) mass is 428 g/mol. The zero-order valence-corrected chi connectivity index (χ0v) is 17.3. The predicted molar refractivity (Wildman–Crippen MR) is 113 cm³/mol. The number of rotatable bonds is 4. The lowest BCUT2D eigenvalue weighted by Gasteiger charge is -2.26. The first kappa shape index (κ1) is 20.2. The number of carbonyl (C=O) groups is 2. The summed E-state index contributed by atoms with van der Waals surface area (Å²) in [6.45, 7) is 3.00. The van der Waals surface area contributed by atoms with E-state index >= 15 is 0 Å². The lowest BCUT2D eigenvalue weighted by molar-refractivity contribution is -0.132. The standard InChI is InChI=1S/C21H21FN4O3S/c1-13-17-20(30-18(13)19(28)24-15-8-4-3-7-14(15)22)23-12-26(21(17)29)11-16(27)25-9-5-2-6-10-25/h3-4,7-8,12H,2,5-6,9-11H2,1H3,(H,24,28). The van der Waals surface area contributed by atoms with E-state index in [-0.39, 0.29) is 28.6 Å². The Hall–Kier alpha value is -3.07. The van der Waals surface area contributed by atoms with Crippen molar-refractivity contribution in [2.75, 3.05) is 18.4 Å². The highest BCUT2D eigenvalue weighted by Crippen LogP contribution is 2.28. The summed E-state index contributed by atoms with van der Waals surface area (Å²) < 4.78 is 15.1. The van der Waals surface area contributed by atoms with Gasteiger partial charge >= 0.3 is 0 Å². The smallest absolute Gasteiger partial charge is 0.266 e. The Morgan fingerprint density at radius 3 is 2.67 bits per heavy atom. The number of anilines is 1. The molecule has 0 aliphatic carbocycles. The molecule has 1 fully saturated rings. The van der Waals surface area contributed by atoms with Gasteiger partial charge in [-0.1, -0.05) is 12.1 Å². The van der Waals surface area contributed by atoms with Crippen molar-refractivity contribution in [3.05, 3.63) is 57.2 Å². The fourth-order valence-electron chi connectivity index (χ4n) is 3.62. The fraction of sp³-hybridized carbons (Fsp3) is 0.333. The number of benzene rings is 1. The van der Waals surface area contributed by atoms with Crippen molar-refractivity contribution in [1.82, 2.24) is 14.5 Å². The number of fused-ring (bicyclic) bond motifs is 1. The van der Waals surface area contributed by atoms with Gasteiger partial charge in [0.2, 0.25) is 5.91 Å². The molecule has 3 heterocycles. The Balaban J connectivity index is 1.61. The number of hydrogen-bond donors (Lipinski definition) is 1. The molecule has 7 nitrogen and oxygen atoms in total. The summed E-state index contributed by atoms with van der Waals surface area (Å²) in [5.74, 6) is -1.15. The molecule has 1 aromatic carbocycles. The van der Waals surface area contributed by atoms with Crippen molar-refractivity contribution >= 4 is 39.1 Å². The Bertz CT molecular complexity index is 1180.